The molecule has 498 valence electrons. The summed E-state index contributed by atoms with van der Waals surface area (Å²) in [6.07, 6.45) is -35.0. The van der Waals surface area contributed by atoms with Crippen molar-refractivity contribution in [1.29, 1.82) is 0 Å². The van der Waals surface area contributed by atoms with Crippen LogP contribution in [0.25, 0.3) is 0 Å². The van der Waals surface area contributed by atoms with Crippen LogP contribution in [0.3, 0.4) is 0 Å². The molecule has 32 atom stereocenters. The molecule has 0 aromatic carbocycles. The van der Waals surface area contributed by atoms with Crippen LogP contribution >= 0.6 is 0 Å². The zero-order chi connectivity index (χ0) is 63.6. The molecule has 28 heteroatoms. The maximum atomic E-state index is 15.2. The highest BCUT2D eigenvalue weighted by Gasteiger charge is 2.71. The molecule has 87 heavy (non-hydrogen) atoms. The summed E-state index contributed by atoms with van der Waals surface area (Å²) in [5, 5.41) is 171. The molecule has 4 unspecified atom stereocenters. The van der Waals surface area contributed by atoms with E-state index in [0.717, 1.165) is 12.0 Å². The molecule has 16 N–H and O–H groups in total. The Morgan fingerprint density at radius 2 is 1.11 bits per heavy atom. The van der Waals surface area contributed by atoms with E-state index in [2.05, 4.69) is 54.5 Å². The van der Waals surface area contributed by atoms with Crippen molar-refractivity contribution in [2.75, 3.05) is 26.4 Å². The van der Waals surface area contributed by atoms with Gasteiger partial charge in [0.25, 0.3) is 0 Å². The van der Waals surface area contributed by atoms with Crippen molar-refractivity contribution in [3.05, 3.63) is 11.6 Å². The molecule has 28 nitrogen and oxygen atoms in total. The second kappa shape index (κ2) is 24.9. The quantitative estimate of drug-likeness (QED) is 0.0456. The molecule has 0 aromatic rings. The summed E-state index contributed by atoms with van der Waals surface area (Å²) in [6.45, 7) is 12.8. The molecule has 0 bridgehead atoms. The van der Waals surface area contributed by atoms with Crippen molar-refractivity contribution in [1.82, 2.24) is 0 Å². The molecule has 0 spiro atoms. The molecule has 0 radical (unpaired) electrons. The van der Waals surface area contributed by atoms with Crippen molar-refractivity contribution >= 4 is 11.9 Å². The maximum absolute atomic E-state index is 15.2. The lowest BCUT2D eigenvalue weighted by atomic mass is 9.33. The van der Waals surface area contributed by atoms with E-state index >= 15 is 4.79 Å². The number of hydrogen-bond acceptors (Lipinski definition) is 27. The largest absolute Gasteiger partial charge is 0.479 e. The van der Waals surface area contributed by atoms with E-state index in [1.807, 2.05) is 0 Å². The first-order valence-corrected chi connectivity index (χ1v) is 30.7. The van der Waals surface area contributed by atoms with Crippen LogP contribution in [0.4, 0.5) is 0 Å². The predicted molar refractivity (Wildman–Crippen MR) is 290 cm³/mol. The van der Waals surface area contributed by atoms with Gasteiger partial charge in [-0.2, -0.15) is 0 Å². The maximum Gasteiger partial charge on any atom is 0.335 e. The topological polar surface area (TPSA) is 450 Å². The van der Waals surface area contributed by atoms with Gasteiger partial charge in [-0.05, 0) is 109 Å². The van der Waals surface area contributed by atoms with E-state index in [-0.39, 0.29) is 34.0 Å². The summed E-state index contributed by atoms with van der Waals surface area (Å²) >= 11 is 0. The number of allylic oxidation sites excluding steroid dienone is 2. The van der Waals surface area contributed by atoms with E-state index in [0.29, 0.717) is 57.8 Å². The second-order valence-corrected chi connectivity index (χ2v) is 28.7. The van der Waals surface area contributed by atoms with Crippen LogP contribution in [0.1, 0.15) is 113 Å². The summed E-state index contributed by atoms with van der Waals surface area (Å²) in [5.41, 5.74) is -1.95. The molecule has 5 aliphatic heterocycles. The number of aliphatic hydroxyl groups is 15. The average molecular weight is 1250 g/mol. The van der Waals surface area contributed by atoms with Crippen LogP contribution in [0, 0.1) is 50.2 Å². The normalized spacial score (nSPS) is 53.1. The molecule has 9 fully saturated rings. The number of rotatable bonds is 14. The van der Waals surface area contributed by atoms with Crippen molar-refractivity contribution in [3.8, 4) is 0 Å². The Morgan fingerprint density at radius 1 is 0.552 bits per heavy atom. The van der Waals surface area contributed by atoms with E-state index in [9.17, 15) is 86.5 Å². The van der Waals surface area contributed by atoms with Gasteiger partial charge in [0.05, 0.1) is 37.9 Å². The van der Waals surface area contributed by atoms with Gasteiger partial charge in [-0.1, -0.05) is 60.1 Å². The number of carboxylic acids is 1. The Morgan fingerprint density at radius 3 is 1.75 bits per heavy atom. The summed E-state index contributed by atoms with van der Waals surface area (Å²) < 4.78 is 59.7. The number of ether oxygens (including phenoxy) is 10. The molecule has 5 aliphatic carbocycles. The Balaban J connectivity index is 0.894. The number of carboxylic acid groups (broad SMARTS) is 1. The lowest BCUT2D eigenvalue weighted by Crippen LogP contribution is -2.68. The third-order valence-corrected chi connectivity index (χ3v) is 23.1. The van der Waals surface area contributed by atoms with Gasteiger partial charge in [0.1, 0.15) is 110 Å². The summed E-state index contributed by atoms with van der Waals surface area (Å²) in [4.78, 5) is 28.1. The third kappa shape index (κ3) is 11.5. The predicted octanol–water partition coefficient (Wildman–Crippen LogP) is -3.48. The number of carbonyl (C=O) groups is 2. The molecule has 10 aliphatic rings. The number of aliphatic hydroxyl groups excluding tert-OH is 15. The second-order valence-electron chi connectivity index (χ2n) is 28.7. The number of fused-ring (bicyclic) bond motifs is 7. The number of esters is 1. The summed E-state index contributed by atoms with van der Waals surface area (Å²) in [5.74, 6) is -2.54. The van der Waals surface area contributed by atoms with Gasteiger partial charge in [0.2, 0.25) is 6.29 Å². The van der Waals surface area contributed by atoms with Gasteiger partial charge in [-0.25, -0.2) is 4.79 Å². The minimum atomic E-state index is -2.11. The van der Waals surface area contributed by atoms with Gasteiger partial charge < -0.3 is 129 Å². The standard InChI is InChI=1S/C59H94O28/c1-54(2)14-16-59(53(77)87-51-42(73)38(69)35(66)28(82-51)22-79-48-40(71)36(67)33(64)26(19-60)80-48)17-15-57(6)23(24(59)18-54)8-9-30-56(5)12-11-31(55(3,4)29(56)10-13-58(30,57)7)83-52-46(86-50-41(72)37(68)34(65)27(20-61)81-50)44(43(74)45(85-52)47(75)76)84-49-39(70)32(63)25(62)21-78-49/h8,24-46,48-52,60-74H,9-22H2,1-7H3,(H,75,76)/t24?,25-,26+,27+,28+,29?,30+,31?,32-,33+,34+,35+,36-,37-,38-,39+,40+,41+,42+,43-,44-,45-,46+,48+,49-,50-,51-,52+,56-,57+,58+,59?/m0/s1. The van der Waals surface area contributed by atoms with Crippen LogP contribution in [-0.2, 0) is 57.0 Å². The first kappa shape index (κ1) is 67.6. The molecule has 0 aromatic heterocycles. The fourth-order valence-electron chi connectivity index (χ4n) is 17.6. The van der Waals surface area contributed by atoms with E-state index < -0.39 is 208 Å². The molecule has 5 heterocycles. The first-order chi connectivity index (χ1) is 40.7. The van der Waals surface area contributed by atoms with E-state index in [1.165, 1.54) is 0 Å². The summed E-state index contributed by atoms with van der Waals surface area (Å²) in [6, 6.07) is 0. The van der Waals surface area contributed by atoms with Crippen LogP contribution in [0.2, 0.25) is 0 Å². The highest BCUT2D eigenvalue weighted by atomic mass is 16.8. The van der Waals surface area contributed by atoms with Gasteiger partial charge in [0.15, 0.2) is 31.3 Å². The smallest absolute Gasteiger partial charge is 0.335 e. The number of hydrogen-bond donors (Lipinski definition) is 16. The van der Waals surface area contributed by atoms with E-state index in [4.69, 9.17) is 47.4 Å². The van der Waals surface area contributed by atoms with Crippen molar-refractivity contribution < 1.29 is 139 Å². The van der Waals surface area contributed by atoms with Gasteiger partial charge >= 0.3 is 11.9 Å². The molecule has 10 rings (SSSR count). The average Bonchev–Trinajstić information content (AvgIpc) is 0.681. The van der Waals surface area contributed by atoms with Crippen molar-refractivity contribution in [3.63, 3.8) is 0 Å². The van der Waals surface area contributed by atoms with Crippen molar-refractivity contribution in [2.45, 2.75) is 266 Å². The van der Waals surface area contributed by atoms with Crippen LogP contribution in [-0.4, -0.2) is 274 Å². The minimum Gasteiger partial charge on any atom is -0.479 e. The fourth-order valence-corrected chi connectivity index (χ4v) is 17.6. The number of carbonyl (C=O) groups excluding carboxylic acids is 1. The molecular weight excluding hydrogens is 1160 g/mol. The zero-order valence-corrected chi connectivity index (χ0v) is 50.2. The first-order valence-electron chi connectivity index (χ1n) is 30.7. The molecular formula is C59H94O28. The molecule has 4 saturated carbocycles. The SMILES string of the molecule is CC1(C)CCC2(C(=O)O[C@@H]3O[C@H](CO[C@@H]4O[C@H](CO)[C@@H](O)[C@H](O)[C@H]4O)[C@@H](O)[C@H](O)[C@H]3O)CC[C@]3(C)C(=CC[C@@H]4[C@@]5(C)CCC(O[C@@H]6O[C@H](C(=O)O)[C@@H](O)[C@H](O[C@@H]7OC[C@H](O)[C@H](O)[C@H]7O)[C@H]6O[C@@H]6O[C@H](CO)[C@@H](O)[C@H](O)[C@H]6O)C(C)(C)C5CC[C@]43C)C2C1. The van der Waals surface area contributed by atoms with Gasteiger partial charge in [0, 0.05) is 0 Å². The van der Waals surface area contributed by atoms with Gasteiger partial charge in [-0.3, -0.25) is 4.79 Å². The zero-order valence-electron chi connectivity index (χ0n) is 50.2. The Kier molecular flexibility index (Phi) is 19.3. The lowest BCUT2D eigenvalue weighted by molar-refractivity contribution is -0.392. The minimum absolute atomic E-state index is 0.0473. The number of aliphatic carboxylic acids is 1. The van der Waals surface area contributed by atoms with Crippen LogP contribution in [0.5, 0.6) is 0 Å². The Hall–Kier alpha value is -2.28. The Labute approximate surface area is 503 Å². The van der Waals surface area contributed by atoms with Crippen molar-refractivity contribution in [2.24, 2.45) is 50.2 Å². The highest BCUT2D eigenvalue weighted by molar-refractivity contribution is 5.79. The third-order valence-electron chi connectivity index (χ3n) is 23.1. The Bertz CT molecular complexity index is 2470. The lowest BCUT2D eigenvalue weighted by Gasteiger charge is -2.71. The molecule has 5 saturated heterocycles. The van der Waals surface area contributed by atoms with Crippen LogP contribution < -0.4 is 0 Å². The summed E-state index contributed by atoms with van der Waals surface area (Å²) in [7, 11) is 0. The fraction of sp³-hybridized carbons (Fsp3) is 0.932. The van der Waals surface area contributed by atoms with Gasteiger partial charge in [-0.15, -0.1) is 0 Å². The van der Waals surface area contributed by atoms with E-state index in [1.54, 1.807) is 0 Å². The monoisotopic (exact) mass is 1250 g/mol. The molecule has 0 amide bonds. The highest BCUT2D eigenvalue weighted by Crippen LogP contribution is 2.76. The van der Waals surface area contributed by atoms with Crippen LogP contribution in [0.15, 0.2) is 11.6 Å².